The van der Waals surface area contributed by atoms with E-state index in [1.807, 2.05) is 6.07 Å². The Morgan fingerprint density at radius 2 is 2.07 bits per heavy atom. The quantitative estimate of drug-likeness (QED) is 0.156. The minimum absolute atomic E-state index is 0.0669. The molecule has 0 radical (unpaired) electrons. The summed E-state index contributed by atoms with van der Waals surface area (Å²) in [7, 11) is -2.40. The number of aromatic nitrogens is 2. The van der Waals surface area contributed by atoms with E-state index in [9.17, 15) is 22.5 Å². The Hall–Kier alpha value is -2.69. The third kappa shape index (κ3) is 5.19. The summed E-state index contributed by atoms with van der Waals surface area (Å²) in [6, 6.07) is 9.31. The summed E-state index contributed by atoms with van der Waals surface area (Å²) in [4.78, 5) is 4.68. The summed E-state index contributed by atoms with van der Waals surface area (Å²) in [6.45, 7) is 0.459. The number of nitrogens with zero attached hydrogens (tertiary/aromatic N) is 3. The van der Waals surface area contributed by atoms with Crippen molar-refractivity contribution in [2.75, 3.05) is 31.1 Å². The normalized spacial score (nSPS) is 18.1. The van der Waals surface area contributed by atoms with Crippen LogP contribution in [0.15, 0.2) is 57.4 Å². The molecule has 5 aromatic rings. The van der Waals surface area contributed by atoms with Gasteiger partial charge in [-0.3, -0.25) is 9.72 Å². The number of nitrogens with one attached hydrogen (secondary N) is 2. The maximum atomic E-state index is 13.8. The molecule has 1 unspecified atom stereocenters. The number of hydrogen-bond acceptors (Lipinski definition) is 9. The predicted octanol–water partition coefficient (Wildman–Crippen LogP) is 5.09. The molecule has 1 aliphatic rings. The van der Waals surface area contributed by atoms with Gasteiger partial charge in [0.25, 0.3) is 10.0 Å². The zero-order valence-electron chi connectivity index (χ0n) is 22.5. The first-order valence-electron chi connectivity index (χ1n) is 13.0. The topological polar surface area (TPSA) is 135 Å². The minimum atomic E-state index is -4.00. The van der Waals surface area contributed by atoms with Crippen molar-refractivity contribution in [2.24, 2.45) is 0 Å². The Labute approximate surface area is 253 Å². The highest BCUT2D eigenvalue weighted by Crippen LogP contribution is 2.43. The number of anilines is 1. The fraction of sp³-hybridized carbons (Fsp3) is 0.296. The van der Waals surface area contributed by atoms with Crippen LogP contribution in [0, 0.1) is 5.82 Å². The van der Waals surface area contributed by atoms with E-state index in [2.05, 4.69) is 15.0 Å². The molecule has 0 amide bonds. The lowest BCUT2D eigenvalue weighted by Crippen LogP contribution is -2.39. The number of furan rings is 1. The van der Waals surface area contributed by atoms with Crippen molar-refractivity contribution in [3.05, 3.63) is 70.1 Å². The number of fused-ring (bicyclic) bond motifs is 2. The third-order valence-corrected chi connectivity index (χ3v) is 10.9. The molecule has 6 rings (SSSR count). The molecule has 3 atom stereocenters. The highest BCUT2D eigenvalue weighted by atomic mass is 35.5. The van der Waals surface area contributed by atoms with Gasteiger partial charge in [0, 0.05) is 47.2 Å². The zero-order valence-corrected chi connectivity index (χ0v) is 25.7. The molecule has 1 aliphatic heterocycles. The predicted molar refractivity (Wildman–Crippen MR) is 162 cm³/mol. The van der Waals surface area contributed by atoms with E-state index < -0.39 is 33.4 Å². The van der Waals surface area contributed by atoms with E-state index in [1.165, 1.54) is 38.4 Å². The monoisotopic (exact) mass is 651 g/mol. The minimum Gasteiger partial charge on any atom is -0.593 e. The standard InChI is InChI=1S/C27H27ClFN5O5S3/c1-30-25(35)22-19-12-18(20(32-41(2)36)13-21(19)39-23(22)15-5-7-17(29)8-6-15)16-4-3-9-33(14-16)42(37,38)26-24(28)31-27-34(26)10-11-40-27/h5-8,10-13,16,25,30,32,35H,3-4,9,14H2,1-2H3/t16-,25+,41?/m0/s1. The van der Waals surface area contributed by atoms with Crippen molar-refractivity contribution in [1.82, 2.24) is 19.0 Å². The van der Waals surface area contributed by atoms with Gasteiger partial charge in [0.05, 0.1) is 17.0 Å². The van der Waals surface area contributed by atoms with Crippen LogP contribution in [0.4, 0.5) is 10.1 Å². The van der Waals surface area contributed by atoms with E-state index in [0.717, 1.165) is 5.56 Å². The number of piperidine rings is 1. The smallest absolute Gasteiger partial charge is 0.262 e. The molecule has 0 aliphatic carbocycles. The number of halogens is 2. The van der Waals surface area contributed by atoms with Crippen LogP contribution in [0.5, 0.6) is 0 Å². The van der Waals surface area contributed by atoms with Gasteiger partial charge in [-0.05, 0) is 61.7 Å². The average Bonchev–Trinajstić information content (AvgIpc) is 3.64. The maximum Gasteiger partial charge on any atom is 0.262 e. The molecule has 2 aromatic carbocycles. The molecule has 222 valence electrons. The fourth-order valence-electron chi connectivity index (χ4n) is 5.50. The Morgan fingerprint density at radius 3 is 2.79 bits per heavy atom. The lowest BCUT2D eigenvalue weighted by atomic mass is 9.89. The van der Waals surface area contributed by atoms with Crippen LogP contribution in [-0.2, 0) is 21.4 Å². The summed E-state index contributed by atoms with van der Waals surface area (Å²) in [5.74, 6) is -0.327. The lowest BCUT2D eigenvalue weighted by Gasteiger charge is -2.32. The number of imidazole rings is 1. The summed E-state index contributed by atoms with van der Waals surface area (Å²) >= 11 is 6.15. The molecule has 1 fully saturated rings. The van der Waals surface area contributed by atoms with Crippen LogP contribution >= 0.6 is 22.9 Å². The van der Waals surface area contributed by atoms with Crippen molar-refractivity contribution in [3.63, 3.8) is 0 Å². The largest absolute Gasteiger partial charge is 0.593 e. The second-order valence-corrected chi connectivity index (χ2v) is 14.2. The fourth-order valence-corrected chi connectivity index (χ4v) is 8.91. The van der Waals surface area contributed by atoms with Crippen molar-refractivity contribution in [3.8, 4) is 11.3 Å². The molecule has 15 heteroatoms. The first kappa shape index (κ1) is 29.4. The van der Waals surface area contributed by atoms with Crippen LogP contribution < -0.4 is 10.0 Å². The molecule has 3 N–H and O–H groups in total. The Balaban J connectivity index is 1.45. The number of aliphatic hydroxyl groups excluding tert-OH is 1. The third-order valence-electron chi connectivity index (χ3n) is 7.39. The molecule has 10 nitrogen and oxygen atoms in total. The Kier molecular flexibility index (Phi) is 8.00. The number of sulfonamides is 1. The molecular weight excluding hydrogens is 625 g/mol. The van der Waals surface area contributed by atoms with Gasteiger partial charge in [-0.1, -0.05) is 11.6 Å². The van der Waals surface area contributed by atoms with Gasteiger partial charge in [0.1, 0.15) is 29.6 Å². The van der Waals surface area contributed by atoms with Crippen LogP contribution in [-0.4, -0.2) is 58.2 Å². The molecule has 0 spiro atoms. The first-order chi connectivity index (χ1) is 20.1. The van der Waals surface area contributed by atoms with Crippen molar-refractivity contribution >= 4 is 65.9 Å². The van der Waals surface area contributed by atoms with Crippen molar-refractivity contribution in [1.29, 1.82) is 0 Å². The van der Waals surface area contributed by atoms with Crippen molar-refractivity contribution in [2.45, 2.75) is 30.0 Å². The average molecular weight is 652 g/mol. The second-order valence-electron chi connectivity index (χ2n) is 10.0. The number of benzene rings is 2. The van der Waals surface area contributed by atoms with E-state index in [0.29, 0.717) is 57.9 Å². The summed E-state index contributed by atoms with van der Waals surface area (Å²) < 4.78 is 65.7. The van der Waals surface area contributed by atoms with Crippen LogP contribution in [0.2, 0.25) is 5.15 Å². The molecular formula is C27H27ClFN5O5S3. The number of hydrogen-bond donors (Lipinski definition) is 3. The van der Waals surface area contributed by atoms with Crippen molar-refractivity contribution < 1.29 is 26.9 Å². The summed E-state index contributed by atoms with van der Waals surface area (Å²) in [6.07, 6.45) is 3.27. The van der Waals surface area contributed by atoms with Crippen LogP contribution in [0.25, 0.3) is 27.3 Å². The summed E-state index contributed by atoms with van der Waals surface area (Å²) in [5.41, 5.74) is 2.70. The Morgan fingerprint density at radius 1 is 1.31 bits per heavy atom. The lowest BCUT2D eigenvalue weighted by molar-refractivity contribution is 0.150. The SMILES string of the molecule is CN[C@H](O)c1c(-c2ccc(F)cc2)oc2cc(N[S+](C)[O-])c([C@H]3CCCN(S(=O)(=O)c4c(Cl)nc5sccn45)C3)cc12. The van der Waals surface area contributed by atoms with Gasteiger partial charge >= 0.3 is 0 Å². The highest BCUT2D eigenvalue weighted by molar-refractivity contribution is 7.92. The molecule has 0 bridgehead atoms. The zero-order chi connectivity index (χ0) is 29.8. The second kappa shape index (κ2) is 11.4. The number of thiazole rings is 1. The van der Waals surface area contributed by atoms with Gasteiger partial charge < -0.3 is 14.1 Å². The first-order valence-corrected chi connectivity index (χ1v) is 17.3. The molecule has 3 aromatic heterocycles. The molecule has 42 heavy (non-hydrogen) atoms. The van der Waals surface area contributed by atoms with Gasteiger partial charge in [0.2, 0.25) is 0 Å². The Bertz CT molecular complexity index is 1870. The highest BCUT2D eigenvalue weighted by Gasteiger charge is 2.36. The molecule has 0 saturated carbocycles. The van der Waals surface area contributed by atoms with Crippen LogP contribution in [0.1, 0.15) is 36.1 Å². The molecule has 1 saturated heterocycles. The maximum absolute atomic E-state index is 13.8. The number of aliphatic hydroxyl groups is 1. The van der Waals surface area contributed by atoms with E-state index in [4.69, 9.17) is 16.0 Å². The van der Waals surface area contributed by atoms with Gasteiger partial charge in [-0.15, -0.1) is 11.3 Å². The van der Waals surface area contributed by atoms with Gasteiger partial charge in [-0.25, -0.2) is 22.5 Å². The van der Waals surface area contributed by atoms with E-state index in [-0.39, 0.29) is 22.6 Å². The van der Waals surface area contributed by atoms with Gasteiger partial charge in [0.15, 0.2) is 15.1 Å². The molecule has 4 heterocycles. The van der Waals surface area contributed by atoms with E-state index >= 15 is 0 Å². The van der Waals surface area contributed by atoms with Crippen LogP contribution in [0.3, 0.4) is 0 Å². The summed E-state index contributed by atoms with van der Waals surface area (Å²) in [5, 5.41) is 16.0. The van der Waals surface area contributed by atoms with E-state index in [1.54, 1.807) is 36.8 Å². The van der Waals surface area contributed by atoms with Gasteiger partial charge in [-0.2, -0.15) is 4.31 Å². The number of rotatable bonds is 8.